The maximum atomic E-state index is 12.9. The molecule has 3 aliphatic carbocycles. The topological polar surface area (TPSA) is 54.5 Å². The molecule has 4 nitrogen and oxygen atoms in total. The minimum atomic E-state index is -0.548. The van der Waals surface area contributed by atoms with Gasteiger partial charge in [0.1, 0.15) is 5.78 Å². The number of nitrogens with zero attached hydrogens (tertiary/aromatic N) is 1. The number of ketones is 1. The van der Waals surface area contributed by atoms with Gasteiger partial charge >= 0.3 is 0 Å². The smallest absolute Gasteiger partial charge is 0.238 e. The molecule has 120 valence electrons. The quantitative estimate of drug-likeness (QED) is 0.557. The predicted octanol–water partition coefficient (Wildman–Crippen LogP) is 3.75. The third kappa shape index (κ3) is 2.08. The van der Waals surface area contributed by atoms with Gasteiger partial charge in [-0.1, -0.05) is 34.8 Å². The molecule has 23 heavy (non-hydrogen) atoms. The molecule has 0 radical (unpaired) electrons. The molecule has 1 aliphatic heterocycles. The lowest BCUT2D eigenvalue weighted by Gasteiger charge is -2.41. The van der Waals surface area contributed by atoms with Gasteiger partial charge in [0.05, 0.1) is 32.6 Å². The maximum Gasteiger partial charge on any atom is 0.238 e. The summed E-state index contributed by atoms with van der Waals surface area (Å²) in [6.45, 7) is 0. The van der Waals surface area contributed by atoms with Crippen molar-refractivity contribution in [1.82, 2.24) is 0 Å². The van der Waals surface area contributed by atoms with E-state index in [-0.39, 0.29) is 50.2 Å². The van der Waals surface area contributed by atoms with Crippen molar-refractivity contribution in [2.45, 2.75) is 19.3 Å². The van der Waals surface area contributed by atoms with Gasteiger partial charge in [0.15, 0.2) is 0 Å². The van der Waals surface area contributed by atoms with Gasteiger partial charge in [0, 0.05) is 12.3 Å². The van der Waals surface area contributed by atoms with Crippen LogP contribution < -0.4 is 4.90 Å². The molecule has 4 unspecified atom stereocenters. The average molecular weight is 373 g/mol. The number of hydrogen-bond donors (Lipinski definition) is 0. The molecular weight excluding hydrogens is 361 g/mol. The summed E-state index contributed by atoms with van der Waals surface area (Å²) in [4.78, 5) is 38.9. The highest BCUT2D eigenvalue weighted by atomic mass is 35.5. The van der Waals surface area contributed by atoms with Crippen LogP contribution >= 0.6 is 34.8 Å². The summed E-state index contributed by atoms with van der Waals surface area (Å²) in [7, 11) is 0. The highest BCUT2D eigenvalue weighted by Gasteiger charge is 2.61. The van der Waals surface area contributed by atoms with Crippen molar-refractivity contribution >= 4 is 58.1 Å². The fourth-order valence-corrected chi connectivity index (χ4v) is 4.93. The van der Waals surface area contributed by atoms with Gasteiger partial charge in [-0.3, -0.25) is 14.4 Å². The van der Waals surface area contributed by atoms with Crippen LogP contribution in [0.3, 0.4) is 0 Å². The van der Waals surface area contributed by atoms with Crippen LogP contribution in [0, 0.1) is 23.7 Å². The van der Waals surface area contributed by atoms with E-state index in [1.807, 2.05) is 0 Å². The first-order valence-electron chi connectivity index (χ1n) is 7.45. The van der Waals surface area contributed by atoms with E-state index in [1.54, 1.807) is 0 Å². The van der Waals surface area contributed by atoms with E-state index in [9.17, 15) is 14.4 Å². The number of fused-ring (bicyclic) bond motifs is 2. The summed E-state index contributed by atoms with van der Waals surface area (Å²) in [6, 6.07) is 2.85. The molecule has 0 spiro atoms. The summed E-state index contributed by atoms with van der Waals surface area (Å²) >= 11 is 18.1. The van der Waals surface area contributed by atoms with Crippen molar-refractivity contribution in [2.75, 3.05) is 4.90 Å². The van der Waals surface area contributed by atoms with Crippen molar-refractivity contribution in [1.29, 1.82) is 0 Å². The third-order valence-corrected chi connectivity index (χ3v) is 6.32. The Hall–Kier alpha value is -1.10. The van der Waals surface area contributed by atoms with Crippen molar-refractivity contribution in [3.05, 3.63) is 27.2 Å². The lowest BCUT2D eigenvalue weighted by atomic mass is 9.59. The molecule has 0 N–H and O–H groups in total. The van der Waals surface area contributed by atoms with Crippen LogP contribution in [0.1, 0.15) is 19.3 Å². The number of carbonyl (C=O) groups is 3. The van der Waals surface area contributed by atoms with Crippen LogP contribution in [0.2, 0.25) is 15.1 Å². The summed E-state index contributed by atoms with van der Waals surface area (Å²) in [5.41, 5.74) is 0.248. The van der Waals surface area contributed by atoms with Crippen molar-refractivity contribution < 1.29 is 14.4 Å². The molecule has 4 aliphatic rings. The minimum Gasteiger partial charge on any atom is -0.299 e. The molecule has 1 saturated heterocycles. The molecule has 7 heteroatoms. The third-order valence-electron chi connectivity index (χ3n) is 5.30. The number of Topliss-reactive ketones (excluding diaryl/α,β-unsaturated/α-hetero) is 1. The van der Waals surface area contributed by atoms with Gasteiger partial charge in [0.25, 0.3) is 0 Å². The zero-order valence-electron chi connectivity index (χ0n) is 11.9. The number of rotatable bonds is 1. The summed E-state index contributed by atoms with van der Waals surface area (Å²) in [6.07, 6.45) is 1.90. The monoisotopic (exact) mass is 371 g/mol. The number of benzene rings is 1. The van der Waals surface area contributed by atoms with Gasteiger partial charge in [-0.25, -0.2) is 4.90 Å². The lowest BCUT2D eigenvalue weighted by Crippen LogP contribution is -2.46. The first-order chi connectivity index (χ1) is 10.9. The standard InChI is InChI=1S/C16H12Cl3NO3/c17-8-4-10(19)11(5-9(8)18)20-15(22)13-6-1-2-7(12(21)3-6)14(13)16(20)23/h4-7,13-14H,1-3H2. The van der Waals surface area contributed by atoms with Crippen molar-refractivity contribution in [2.24, 2.45) is 23.7 Å². The van der Waals surface area contributed by atoms with Crippen LogP contribution in [-0.4, -0.2) is 17.6 Å². The normalized spacial score (nSPS) is 32.7. The van der Waals surface area contributed by atoms with E-state index in [0.29, 0.717) is 12.8 Å². The van der Waals surface area contributed by atoms with E-state index >= 15 is 0 Å². The Labute approximate surface area is 147 Å². The Balaban J connectivity index is 1.80. The largest absolute Gasteiger partial charge is 0.299 e. The highest BCUT2D eigenvalue weighted by molar-refractivity contribution is 6.44. The first-order valence-corrected chi connectivity index (χ1v) is 8.58. The number of hydrogen-bond acceptors (Lipinski definition) is 3. The number of amides is 2. The second-order valence-electron chi connectivity index (χ2n) is 6.40. The van der Waals surface area contributed by atoms with Crippen LogP contribution in [0.25, 0.3) is 0 Å². The number of carbonyl (C=O) groups excluding carboxylic acids is 3. The van der Waals surface area contributed by atoms with Gasteiger partial charge < -0.3 is 0 Å². The van der Waals surface area contributed by atoms with E-state index in [0.717, 1.165) is 11.3 Å². The number of halogens is 3. The van der Waals surface area contributed by atoms with Crippen molar-refractivity contribution in [3.63, 3.8) is 0 Å². The molecule has 1 aromatic carbocycles. The molecule has 2 bridgehead atoms. The second-order valence-corrected chi connectivity index (χ2v) is 7.62. The lowest BCUT2D eigenvalue weighted by molar-refractivity contribution is -0.143. The van der Waals surface area contributed by atoms with Crippen LogP contribution in [-0.2, 0) is 14.4 Å². The van der Waals surface area contributed by atoms with E-state index in [2.05, 4.69) is 0 Å². The maximum absolute atomic E-state index is 12.9. The Morgan fingerprint density at radius 2 is 1.52 bits per heavy atom. The number of anilines is 1. The van der Waals surface area contributed by atoms with E-state index in [4.69, 9.17) is 34.8 Å². The molecule has 1 heterocycles. The minimum absolute atomic E-state index is 0.0412. The van der Waals surface area contributed by atoms with Crippen LogP contribution in [0.5, 0.6) is 0 Å². The first kappa shape index (κ1) is 15.4. The molecule has 4 fully saturated rings. The molecule has 3 saturated carbocycles. The van der Waals surface area contributed by atoms with Crippen LogP contribution in [0.4, 0.5) is 5.69 Å². The Morgan fingerprint density at radius 3 is 2.22 bits per heavy atom. The Bertz CT molecular complexity index is 763. The summed E-state index contributed by atoms with van der Waals surface area (Å²) in [5.74, 6) is -1.86. The fourth-order valence-electron chi connectivity index (χ4n) is 4.30. The van der Waals surface area contributed by atoms with Gasteiger partial charge in [-0.15, -0.1) is 0 Å². The average Bonchev–Trinajstić information content (AvgIpc) is 2.77. The van der Waals surface area contributed by atoms with E-state index < -0.39 is 11.8 Å². The summed E-state index contributed by atoms with van der Waals surface area (Å²) < 4.78 is 0. The molecule has 0 aromatic heterocycles. The number of imide groups is 1. The zero-order chi connectivity index (χ0) is 16.5. The van der Waals surface area contributed by atoms with Gasteiger partial charge in [-0.05, 0) is 30.9 Å². The second kappa shape index (κ2) is 5.20. The van der Waals surface area contributed by atoms with E-state index in [1.165, 1.54) is 12.1 Å². The molecule has 2 amide bonds. The Kier molecular flexibility index (Phi) is 3.49. The molecule has 1 aromatic rings. The Morgan fingerprint density at radius 1 is 0.870 bits per heavy atom. The van der Waals surface area contributed by atoms with Crippen LogP contribution in [0.15, 0.2) is 12.1 Å². The summed E-state index contributed by atoms with van der Waals surface area (Å²) in [5, 5.41) is 0.672. The molecular formula is C16H12Cl3NO3. The van der Waals surface area contributed by atoms with Gasteiger partial charge in [0.2, 0.25) is 11.8 Å². The predicted molar refractivity (Wildman–Crippen MR) is 86.8 cm³/mol. The van der Waals surface area contributed by atoms with Crippen molar-refractivity contribution in [3.8, 4) is 0 Å². The zero-order valence-corrected chi connectivity index (χ0v) is 14.2. The van der Waals surface area contributed by atoms with Gasteiger partial charge in [-0.2, -0.15) is 0 Å². The molecule has 5 rings (SSSR count). The highest BCUT2D eigenvalue weighted by Crippen LogP contribution is 2.53. The SMILES string of the molecule is O=C1CC2CCC1C1C(=O)N(c3cc(Cl)c(Cl)cc3Cl)C(=O)C21. The molecule has 4 atom stereocenters. The fraction of sp³-hybridized carbons (Fsp3) is 0.438.